The maximum Gasteiger partial charge on any atom is 0.326 e. The zero-order chi connectivity index (χ0) is 22.7. The van der Waals surface area contributed by atoms with Gasteiger partial charge >= 0.3 is 5.97 Å². The van der Waals surface area contributed by atoms with Gasteiger partial charge in [0.2, 0.25) is 23.6 Å². The van der Waals surface area contributed by atoms with E-state index in [1.165, 1.54) is 6.92 Å². The Bertz CT molecular complexity index is 620. The first kappa shape index (κ1) is 27.0. The Morgan fingerprint density at radius 2 is 1.48 bits per heavy atom. The molecule has 0 aromatic carbocycles. The Morgan fingerprint density at radius 3 is 1.90 bits per heavy atom. The minimum absolute atomic E-state index is 0.0350. The average Bonchev–Trinajstić information content (AvgIpc) is 2.65. The van der Waals surface area contributed by atoms with Crippen molar-refractivity contribution in [2.24, 2.45) is 11.5 Å². The lowest BCUT2D eigenvalue weighted by Crippen LogP contribution is -2.60. The number of hydrogen-bond acceptors (Lipinski definition) is 9. The van der Waals surface area contributed by atoms with Crippen molar-refractivity contribution in [1.29, 1.82) is 0 Å². The van der Waals surface area contributed by atoms with Crippen LogP contribution in [0.3, 0.4) is 0 Å². The number of nitrogens with two attached hydrogens (primary N) is 2. The third-order valence-corrected chi connectivity index (χ3v) is 4.46. The molecule has 0 aliphatic carbocycles. The highest BCUT2D eigenvalue weighted by atomic mass is 32.1. The third-order valence-electron chi connectivity index (χ3n) is 3.71. The van der Waals surface area contributed by atoms with E-state index in [4.69, 9.17) is 16.6 Å². The van der Waals surface area contributed by atoms with E-state index in [2.05, 4.69) is 41.2 Å². The van der Waals surface area contributed by atoms with Crippen LogP contribution in [0.2, 0.25) is 0 Å². The van der Waals surface area contributed by atoms with E-state index in [-0.39, 0.29) is 24.3 Å². The summed E-state index contributed by atoms with van der Waals surface area (Å²) < 4.78 is 0. The molecule has 0 rings (SSSR count). The first-order valence-electron chi connectivity index (χ1n) is 8.52. The van der Waals surface area contributed by atoms with Crippen LogP contribution in [0.4, 0.5) is 0 Å². The number of primary amides is 1. The van der Waals surface area contributed by atoms with Crippen molar-refractivity contribution in [2.45, 2.75) is 50.0 Å². The molecule has 14 heteroatoms. The van der Waals surface area contributed by atoms with E-state index >= 15 is 0 Å². The van der Waals surface area contributed by atoms with Crippen LogP contribution >= 0.6 is 25.3 Å². The van der Waals surface area contributed by atoms with Crippen molar-refractivity contribution in [3.8, 4) is 0 Å². The second-order valence-electron chi connectivity index (χ2n) is 6.16. The Labute approximate surface area is 178 Å². The van der Waals surface area contributed by atoms with E-state index in [1.807, 2.05) is 0 Å². The summed E-state index contributed by atoms with van der Waals surface area (Å²) in [5, 5.41) is 25.7. The molecule has 0 aliphatic heterocycles. The summed E-state index contributed by atoms with van der Waals surface area (Å²) in [6, 6.07) is -5.13. The van der Waals surface area contributed by atoms with Crippen LogP contribution in [0.5, 0.6) is 0 Å². The van der Waals surface area contributed by atoms with E-state index in [9.17, 15) is 29.1 Å². The fourth-order valence-electron chi connectivity index (χ4n) is 2.02. The number of carboxylic acid groups (broad SMARTS) is 1. The number of rotatable bonds is 13. The van der Waals surface area contributed by atoms with Crippen molar-refractivity contribution in [3.63, 3.8) is 0 Å². The smallest absolute Gasteiger partial charge is 0.326 e. The quantitative estimate of drug-likeness (QED) is 0.126. The molecule has 5 atom stereocenters. The monoisotopic (exact) mass is 453 g/mol. The molecule has 12 nitrogen and oxygen atoms in total. The number of thiol groups is 2. The summed E-state index contributed by atoms with van der Waals surface area (Å²) in [7, 11) is 0. The Kier molecular flexibility index (Phi) is 12.3. The molecule has 0 aromatic heterocycles. The van der Waals surface area contributed by atoms with Gasteiger partial charge in [0.25, 0.3) is 0 Å². The van der Waals surface area contributed by atoms with Crippen LogP contribution in [0.25, 0.3) is 0 Å². The summed E-state index contributed by atoms with van der Waals surface area (Å²) in [6.45, 7) is 1.20. The molecule has 4 amide bonds. The third kappa shape index (κ3) is 9.83. The van der Waals surface area contributed by atoms with Gasteiger partial charge < -0.3 is 37.6 Å². The molecule has 0 spiro atoms. The van der Waals surface area contributed by atoms with Gasteiger partial charge in [-0.1, -0.05) is 0 Å². The standard InChI is InChI=1S/C15H27N5O7S2/c1-6(21)11(14(25)18-8(15(26)27)2-3-10(17)22)20-13(24)9(5-29)19-12(23)7(16)4-28/h6-9,11,21,28-29H,2-5,16H2,1H3,(H2,17,22)(H,18,25)(H,19,23)(H,20,24)(H,26,27). The summed E-state index contributed by atoms with van der Waals surface area (Å²) in [5.74, 6) is -4.78. The fourth-order valence-corrected chi connectivity index (χ4v) is 2.44. The second-order valence-corrected chi connectivity index (χ2v) is 6.89. The molecule has 0 bridgehead atoms. The molecule has 0 aromatic rings. The molecule has 0 heterocycles. The van der Waals surface area contributed by atoms with Crippen molar-refractivity contribution in [3.05, 3.63) is 0 Å². The maximum atomic E-state index is 12.4. The normalized spacial score (nSPS) is 15.9. The lowest BCUT2D eigenvalue weighted by Gasteiger charge is -2.25. The van der Waals surface area contributed by atoms with Gasteiger partial charge in [-0.05, 0) is 13.3 Å². The first-order valence-corrected chi connectivity index (χ1v) is 9.78. The van der Waals surface area contributed by atoms with Crippen molar-refractivity contribution < 1.29 is 34.2 Å². The van der Waals surface area contributed by atoms with Crippen LogP contribution < -0.4 is 27.4 Å². The Balaban J connectivity index is 5.16. The minimum Gasteiger partial charge on any atom is -0.480 e. The topological polar surface area (TPSA) is 214 Å². The van der Waals surface area contributed by atoms with E-state index in [0.29, 0.717) is 0 Å². The Hall–Kier alpha value is -2.03. The van der Waals surface area contributed by atoms with Gasteiger partial charge in [0.1, 0.15) is 18.1 Å². The van der Waals surface area contributed by atoms with E-state index in [0.717, 1.165) is 0 Å². The molecule has 0 saturated heterocycles. The summed E-state index contributed by atoms with van der Waals surface area (Å²) >= 11 is 7.84. The maximum absolute atomic E-state index is 12.4. The second kappa shape index (κ2) is 13.2. The average molecular weight is 454 g/mol. The minimum atomic E-state index is -1.53. The zero-order valence-electron chi connectivity index (χ0n) is 15.7. The molecule has 5 unspecified atom stereocenters. The molecule has 0 fully saturated rings. The number of amides is 4. The number of carboxylic acids is 1. The number of nitrogens with one attached hydrogen (secondary N) is 3. The molecule has 166 valence electrons. The van der Waals surface area contributed by atoms with Crippen molar-refractivity contribution in [1.82, 2.24) is 16.0 Å². The molecular formula is C15H27N5O7S2. The highest BCUT2D eigenvalue weighted by Crippen LogP contribution is 2.02. The van der Waals surface area contributed by atoms with Crippen LogP contribution in [0, 0.1) is 0 Å². The number of aliphatic carboxylic acids is 1. The summed E-state index contributed by atoms with van der Waals surface area (Å²) in [6.07, 6.45) is -1.96. The molecule has 9 N–H and O–H groups in total. The van der Waals surface area contributed by atoms with Gasteiger partial charge in [-0.25, -0.2) is 4.79 Å². The number of aliphatic hydroxyl groups is 1. The molecule has 0 saturated carbocycles. The number of carbonyl (C=O) groups excluding carboxylic acids is 4. The lowest BCUT2D eigenvalue weighted by atomic mass is 10.1. The predicted molar refractivity (Wildman–Crippen MR) is 109 cm³/mol. The van der Waals surface area contributed by atoms with Crippen LogP contribution in [0.15, 0.2) is 0 Å². The van der Waals surface area contributed by atoms with Crippen molar-refractivity contribution >= 4 is 54.9 Å². The van der Waals surface area contributed by atoms with E-state index < -0.39 is 59.9 Å². The van der Waals surface area contributed by atoms with E-state index in [1.54, 1.807) is 0 Å². The highest BCUT2D eigenvalue weighted by molar-refractivity contribution is 7.80. The van der Waals surface area contributed by atoms with Crippen molar-refractivity contribution in [2.75, 3.05) is 11.5 Å². The lowest BCUT2D eigenvalue weighted by molar-refractivity contribution is -0.143. The number of carbonyl (C=O) groups is 5. The predicted octanol–water partition coefficient (Wildman–Crippen LogP) is -3.64. The van der Waals surface area contributed by atoms with Gasteiger partial charge in [-0.3, -0.25) is 19.2 Å². The summed E-state index contributed by atoms with van der Waals surface area (Å²) in [5.41, 5.74) is 10.5. The number of aliphatic hydroxyl groups excluding tert-OH is 1. The van der Waals surface area contributed by atoms with Gasteiger partial charge in [0.15, 0.2) is 0 Å². The first-order chi connectivity index (χ1) is 13.4. The zero-order valence-corrected chi connectivity index (χ0v) is 17.5. The van der Waals surface area contributed by atoms with Gasteiger partial charge in [-0.15, -0.1) is 0 Å². The van der Waals surface area contributed by atoms with Gasteiger partial charge in [-0.2, -0.15) is 25.3 Å². The molecular weight excluding hydrogens is 426 g/mol. The van der Waals surface area contributed by atoms with Crippen LogP contribution in [-0.4, -0.2) is 81.6 Å². The number of hydrogen-bond donors (Lipinski definition) is 9. The molecule has 0 radical (unpaired) electrons. The SMILES string of the molecule is CC(O)C(NC(=O)C(CS)NC(=O)C(N)CS)C(=O)NC(CCC(N)=O)C(=O)O. The fraction of sp³-hybridized carbons (Fsp3) is 0.667. The van der Waals surface area contributed by atoms with Crippen LogP contribution in [-0.2, 0) is 24.0 Å². The summed E-state index contributed by atoms with van der Waals surface area (Å²) in [4.78, 5) is 58.6. The molecule has 29 heavy (non-hydrogen) atoms. The Morgan fingerprint density at radius 1 is 0.931 bits per heavy atom. The van der Waals surface area contributed by atoms with Gasteiger partial charge in [0, 0.05) is 17.9 Å². The highest BCUT2D eigenvalue weighted by Gasteiger charge is 2.32. The largest absolute Gasteiger partial charge is 0.480 e. The van der Waals surface area contributed by atoms with Crippen LogP contribution in [0.1, 0.15) is 19.8 Å². The molecule has 0 aliphatic rings. The van der Waals surface area contributed by atoms with Gasteiger partial charge in [0.05, 0.1) is 12.1 Å².